The fourth-order valence-corrected chi connectivity index (χ4v) is 2.01. The van der Waals surface area contributed by atoms with Gasteiger partial charge in [0.15, 0.2) is 0 Å². The van der Waals surface area contributed by atoms with Gasteiger partial charge in [0, 0.05) is 6.54 Å². The molecule has 0 aliphatic carbocycles. The lowest BCUT2D eigenvalue weighted by atomic mass is 10.1. The van der Waals surface area contributed by atoms with Crippen LogP contribution in [-0.4, -0.2) is 17.4 Å². The van der Waals surface area contributed by atoms with Gasteiger partial charge in [0.1, 0.15) is 16.7 Å². The Morgan fingerprint density at radius 1 is 1.25 bits per heavy atom. The highest BCUT2D eigenvalue weighted by Gasteiger charge is 2.12. The van der Waals surface area contributed by atoms with Gasteiger partial charge in [-0.1, -0.05) is 35.3 Å². The van der Waals surface area contributed by atoms with Crippen molar-refractivity contribution in [2.24, 2.45) is 0 Å². The number of pyridine rings is 1. The Balaban J connectivity index is 1.94. The Hall–Kier alpha value is -1.65. The van der Waals surface area contributed by atoms with E-state index in [2.05, 4.69) is 10.3 Å². The number of benzene rings is 1. The number of hydrogen-bond acceptors (Lipinski definition) is 2. The van der Waals surface area contributed by atoms with Crippen LogP contribution >= 0.6 is 23.2 Å². The van der Waals surface area contributed by atoms with Crippen molar-refractivity contribution in [2.45, 2.75) is 6.42 Å². The van der Waals surface area contributed by atoms with E-state index >= 15 is 0 Å². The summed E-state index contributed by atoms with van der Waals surface area (Å²) in [6.07, 6.45) is 0.516. The van der Waals surface area contributed by atoms with Crippen LogP contribution in [0.3, 0.4) is 0 Å². The largest absolute Gasteiger partial charge is 0.350 e. The van der Waals surface area contributed by atoms with Crippen molar-refractivity contribution in [1.82, 2.24) is 10.3 Å². The van der Waals surface area contributed by atoms with Gasteiger partial charge in [-0.25, -0.2) is 9.37 Å². The Morgan fingerprint density at radius 2 is 2.05 bits per heavy atom. The normalized spacial score (nSPS) is 10.3. The predicted molar refractivity (Wildman–Crippen MR) is 76.7 cm³/mol. The molecule has 3 nitrogen and oxygen atoms in total. The first kappa shape index (κ1) is 14.8. The lowest BCUT2D eigenvalue weighted by Crippen LogP contribution is -2.26. The average molecular weight is 313 g/mol. The van der Waals surface area contributed by atoms with Crippen LogP contribution in [0.15, 0.2) is 36.4 Å². The van der Waals surface area contributed by atoms with Crippen LogP contribution in [-0.2, 0) is 6.42 Å². The van der Waals surface area contributed by atoms with Gasteiger partial charge in [-0.2, -0.15) is 0 Å². The van der Waals surface area contributed by atoms with Crippen LogP contribution in [0, 0.1) is 5.82 Å². The van der Waals surface area contributed by atoms with Crippen LogP contribution < -0.4 is 5.32 Å². The standard InChI is InChI=1S/C14H11Cl2FN2O/c15-11-4-5-12(16)19-13(11)14(20)18-7-6-9-2-1-3-10(17)8-9/h1-5,8H,6-7H2,(H,18,20). The van der Waals surface area contributed by atoms with Gasteiger partial charge in [-0.15, -0.1) is 0 Å². The van der Waals surface area contributed by atoms with Crippen LogP contribution in [0.25, 0.3) is 0 Å². The molecular weight excluding hydrogens is 302 g/mol. The highest BCUT2D eigenvalue weighted by atomic mass is 35.5. The number of carbonyl (C=O) groups is 1. The molecule has 0 spiro atoms. The highest BCUT2D eigenvalue weighted by molar-refractivity contribution is 6.34. The molecule has 0 unspecified atom stereocenters. The second kappa shape index (κ2) is 6.68. The molecule has 6 heteroatoms. The molecular formula is C14H11Cl2FN2O. The van der Waals surface area contributed by atoms with Crippen LogP contribution in [0.4, 0.5) is 4.39 Å². The molecule has 1 N–H and O–H groups in total. The van der Waals surface area contributed by atoms with E-state index in [9.17, 15) is 9.18 Å². The quantitative estimate of drug-likeness (QED) is 0.878. The van der Waals surface area contributed by atoms with Crippen molar-refractivity contribution in [3.05, 3.63) is 63.6 Å². The van der Waals surface area contributed by atoms with Crippen LogP contribution in [0.1, 0.15) is 16.1 Å². The third-order valence-corrected chi connectivity index (χ3v) is 3.13. The van der Waals surface area contributed by atoms with Gasteiger partial charge < -0.3 is 5.32 Å². The van der Waals surface area contributed by atoms with E-state index in [1.54, 1.807) is 12.1 Å². The van der Waals surface area contributed by atoms with Gasteiger partial charge in [0.25, 0.3) is 5.91 Å². The van der Waals surface area contributed by atoms with Crippen LogP contribution in [0.5, 0.6) is 0 Å². The zero-order chi connectivity index (χ0) is 14.5. The molecule has 0 aliphatic rings. The Bertz CT molecular complexity index is 634. The van der Waals surface area contributed by atoms with Crippen LogP contribution in [0.2, 0.25) is 10.2 Å². The Morgan fingerprint density at radius 3 is 2.80 bits per heavy atom. The predicted octanol–water partition coefficient (Wildman–Crippen LogP) is 3.50. The fraction of sp³-hybridized carbons (Fsp3) is 0.143. The molecule has 0 atom stereocenters. The Labute approximate surface area is 125 Å². The maximum atomic E-state index is 13.0. The molecule has 104 valence electrons. The van der Waals surface area contributed by atoms with E-state index in [4.69, 9.17) is 23.2 Å². The van der Waals surface area contributed by atoms with E-state index in [1.165, 1.54) is 24.3 Å². The van der Waals surface area contributed by atoms with E-state index < -0.39 is 5.91 Å². The van der Waals surface area contributed by atoms with Gasteiger partial charge in [0.2, 0.25) is 0 Å². The van der Waals surface area contributed by atoms with Crippen molar-refractivity contribution in [3.63, 3.8) is 0 Å². The van der Waals surface area contributed by atoms with Crippen molar-refractivity contribution in [3.8, 4) is 0 Å². The Kier molecular flexibility index (Phi) is 4.93. The van der Waals surface area contributed by atoms with Gasteiger partial charge in [0.05, 0.1) is 5.02 Å². The molecule has 1 aromatic carbocycles. The summed E-state index contributed by atoms with van der Waals surface area (Å²) in [7, 11) is 0. The van der Waals surface area contributed by atoms with Gasteiger partial charge in [-0.05, 0) is 36.2 Å². The minimum absolute atomic E-state index is 0.0819. The smallest absolute Gasteiger partial charge is 0.271 e. The number of nitrogens with one attached hydrogen (secondary N) is 1. The third kappa shape index (κ3) is 3.92. The summed E-state index contributed by atoms with van der Waals surface area (Å²) < 4.78 is 13.0. The molecule has 2 rings (SSSR count). The summed E-state index contributed by atoms with van der Waals surface area (Å²) in [6, 6.07) is 9.24. The first-order chi connectivity index (χ1) is 9.56. The molecule has 0 saturated carbocycles. The van der Waals surface area contributed by atoms with E-state index in [0.717, 1.165) is 5.56 Å². The van der Waals surface area contributed by atoms with Gasteiger partial charge in [-0.3, -0.25) is 4.79 Å². The van der Waals surface area contributed by atoms with Crippen molar-refractivity contribution < 1.29 is 9.18 Å². The highest BCUT2D eigenvalue weighted by Crippen LogP contribution is 2.16. The van der Waals surface area contributed by atoms with E-state index in [-0.39, 0.29) is 21.7 Å². The summed E-state index contributed by atoms with van der Waals surface area (Å²) in [6.45, 7) is 0.354. The fourth-order valence-electron chi connectivity index (χ4n) is 1.67. The molecule has 1 amide bonds. The number of carbonyl (C=O) groups excluding carboxylic acids is 1. The molecule has 0 aliphatic heterocycles. The number of nitrogens with zero attached hydrogens (tertiary/aromatic N) is 1. The van der Waals surface area contributed by atoms with Crippen molar-refractivity contribution in [2.75, 3.05) is 6.54 Å². The summed E-state index contributed by atoms with van der Waals surface area (Å²) in [5, 5.41) is 3.10. The summed E-state index contributed by atoms with van der Waals surface area (Å²) in [5.74, 6) is -0.706. The minimum Gasteiger partial charge on any atom is -0.350 e. The SMILES string of the molecule is O=C(NCCc1cccc(F)c1)c1nc(Cl)ccc1Cl. The zero-order valence-corrected chi connectivity index (χ0v) is 11.9. The molecule has 1 aromatic heterocycles. The van der Waals surface area contributed by atoms with Gasteiger partial charge >= 0.3 is 0 Å². The molecule has 20 heavy (non-hydrogen) atoms. The molecule has 0 bridgehead atoms. The number of aromatic nitrogens is 1. The maximum absolute atomic E-state index is 13.0. The van der Waals surface area contributed by atoms with Crippen molar-refractivity contribution in [1.29, 1.82) is 0 Å². The first-order valence-electron chi connectivity index (χ1n) is 5.91. The monoisotopic (exact) mass is 312 g/mol. The lowest BCUT2D eigenvalue weighted by molar-refractivity contribution is 0.0949. The lowest BCUT2D eigenvalue weighted by Gasteiger charge is -2.06. The molecule has 0 saturated heterocycles. The zero-order valence-electron chi connectivity index (χ0n) is 10.4. The summed E-state index contributed by atoms with van der Waals surface area (Å²) >= 11 is 11.6. The number of hydrogen-bond donors (Lipinski definition) is 1. The third-order valence-electron chi connectivity index (χ3n) is 2.62. The van der Waals surface area contributed by atoms with E-state index in [1.807, 2.05) is 0 Å². The molecule has 2 aromatic rings. The summed E-state index contributed by atoms with van der Waals surface area (Å²) in [4.78, 5) is 15.8. The second-order valence-corrected chi connectivity index (χ2v) is 4.89. The number of halogens is 3. The minimum atomic E-state index is -0.408. The summed E-state index contributed by atoms with van der Waals surface area (Å²) in [5.41, 5.74) is 0.883. The average Bonchev–Trinajstić information content (AvgIpc) is 2.41. The molecule has 0 fully saturated rings. The number of rotatable bonds is 4. The molecule has 1 heterocycles. The number of amides is 1. The second-order valence-electron chi connectivity index (χ2n) is 4.10. The maximum Gasteiger partial charge on any atom is 0.271 e. The van der Waals surface area contributed by atoms with E-state index in [0.29, 0.717) is 13.0 Å². The topological polar surface area (TPSA) is 42.0 Å². The van der Waals surface area contributed by atoms with Crippen molar-refractivity contribution >= 4 is 29.1 Å². The molecule has 0 radical (unpaired) electrons. The first-order valence-corrected chi connectivity index (χ1v) is 6.66.